The molecule has 1 N–H and O–H groups in total. The van der Waals surface area contributed by atoms with Crippen LogP contribution in [0.2, 0.25) is 0 Å². The maximum Gasteiger partial charge on any atom is 0.243 e. The fraction of sp³-hybridized carbons (Fsp3) is 0.286. The van der Waals surface area contributed by atoms with E-state index in [1.165, 1.54) is 12.1 Å². The molecule has 146 valence electrons. The van der Waals surface area contributed by atoms with Gasteiger partial charge in [0.15, 0.2) is 0 Å². The van der Waals surface area contributed by atoms with Crippen LogP contribution in [0.1, 0.15) is 24.8 Å². The zero-order valence-electron chi connectivity index (χ0n) is 16.0. The van der Waals surface area contributed by atoms with Gasteiger partial charge in [-0.3, -0.25) is 9.59 Å². The third-order valence-corrected chi connectivity index (χ3v) is 4.44. The van der Waals surface area contributed by atoms with Crippen molar-refractivity contribution in [1.29, 1.82) is 0 Å². The van der Waals surface area contributed by atoms with E-state index in [9.17, 15) is 9.59 Å². The van der Waals surface area contributed by atoms with E-state index in [0.717, 1.165) is 11.3 Å². The lowest BCUT2D eigenvalue weighted by molar-refractivity contribution is -0.132. The number of rotatable bonds is 7. The van der Waals surface area contributed by atoms with Crippen LogP contribution < -0.4 is 14.8 Å². The van der Waals surface area contributed by atoms with Gasteiger partial charge in [-0.1, -0.05) is 30.3 Å². The molecular formula is C21H23N3O4. The van der Waals surface area contributed by atoms with Crippen LogP contribution in [0.3, 0.4) is 0 Å². The summed E-state index contributed by atoms with van der Waals surface area (Å²) in [6, 6.07) is 14.9. The van der Waals surface area contributed by atoms with Crippen molar-refractivity contribution >= 4 is 23.2 Å². The number of benzene rings is 2. The number of anilines is 1. The molecule has 0 fully saturated rings. The molecule has 0 aliphatic carbocycles. The van der Waals surface area contributed by atoms with Crippen molar-refractivity contribution in [2.24, 2.45) is 5.10 Å². The van der Waals surface area contributed by atoms with Crippen LogP contribution in [0.25, 0.3) is 0 Å². The summed E-state index contributed by atoms with van der Waals surface area (Å²) < 4.78 is 10.4. The average Bonchev–Trinajstić information content (AvgIpc) is 3.23. The van der Waals surface area contributed by atoms with Crippen LogP contribution in [0, 0.1) is 0 Å². The van der Waals surface area contributed by atoms with Gasteiger partial charge in [-0.2, -0.15) is 5.10 Å². The van der Waals surface area contributed by atoms with E-state index in [2.05, 4.69) is 10.4 Å². The van der Waals surface area contributed by atoms with E-state index in [0.29, 0.717) is 30.2 Å². The van der Waals surface area contributed by atoms with Crippen LogP contribution in [0.15, 0.2) is 53.6 Å². The fourth-order valence-corrected chi connectivity index (χ4v) is 2.94. The first-order chi connectivity index (χ1) is 13.6. The number of hydrogen-bond acceptors (Lipinski definition) is 5. The highest BCUT2D eigenvalue weighted by Crippen LogP contribution is 2.29. The summed E-state index contributed by atoms with van der Waals surface area (Å²) in [5, 5.41) is 8.61. The van der Waals surface area contributed by atoms with Gasteiger partial charge in [-0.05, 0) is 17.7 Å². The third-order valence-electron chi connectivity index (χ3n) is 4.44. The summed E-state index contributed by atoms with van der Waals surface area (Å²) in [7, 11) is 3.07. The standard InChI is InChI=1S/C21H23N3O4/c1-27-16-8-9-19(28-2)18(14-16)22-20(25)10-11-21(26)24-13-12-17(23-24)15-6-4-3-5-7-15/h3-9,14H,10-13H2,1-2H3,(H,22,25). The number of carbonyl (C=O) groups excluding carboxylic acids is 2. The molecule has 1 aliphatic rings. The Hall–Kier alpha value is -3.35. The lowest BCUT2D eigenvalue weighted by Crippen LogP contribution is -2.25. The van der Waals surface area contributed by atoms with Gasteiger partial charge in [0.2, 0.25) is 11.8 Å². The predicted octanol–water partition coefficient (Wildman–Crippen LogP) is 3.06. The molecule has 0 radical (unpaired) electrons. The van der Waals surface area contributed by atoms with Gasteiger partial charge in [0, 0.05) is 25.3 Å². The minimum absolute atomic E-state index is 0.0614. The lowest BCUT2D eigenvalue weighted by Gasteiger charge is -2.13. The molecule has 0 saturated carbocycles. The van der Waals surface area contributed by atoms with Crippen LogP contribution in [-0.2, 0) is 9.59 Å². The SMILES string of the molecule is COc1ccc(OC)c(NC(=O)CCC(=O)N2CCC(c3ccccc3)=N2)c1. The minimum Gasteiger partial charge on any atom is -0.497 e. The molecule has 28 heavy (non-hydrogen) atoms. The number of carbonyl (C=O) groups is 2. The molecule has 2 aromatic rings. The number of hydrogen-bond donors (Lipinski definition) is 1. The molecule has 2 aromatic carbocycles. The van der Waals surface area contributed by atoms with Gasteiger partial charge >= 0.3 is 0 Å². The van der Waals surface area contributed by atoms with Crippen LogP contribution in [0.5, 0.6) is 11.5 Å². The van der Waals surface area contributed by atoms with E-state index < -0.39 is 0 Å². The van der Waals surface area contributed by atoms with Gasteiger partial charge in [0.05, 0.1) is 32.2 Å². The summed E-state index contributed by atoms with van der Waals surface area (Å²) in [5.41, 5.74) is 2.41. The van der Waals surface area contributed by atoms with E-state index >= 15 is 0 Å². The van der Waals surface area contributed by atoms with E-state index in [1.54, 1.807) is 25.3 Å². The highest BCUT2D eigenvalue weighted by molar-refractivity contribution is 6.03. The van der Waals surface area contributed by atoms with Crippen LogP contribution >= 0.6 is 0 Å². The summed E-state index contributed by atoms with van der Waals surface area (Å²) in [6.07, 6.45) is 0.860. The maximum absolute atomic E-state index is 12.4. The molecule has 3 rings (SSSR count). The largest absolute Gasteiger partial charge is 0.497 e. The number of methoxy groups -OCH3 is 2. The summed E-state index contributed by atoms with van der Waals surface area (Å²) >= 11 is 0. The first kappa shape index (κ1) is 19.4. The van der Waals surface area contributed by atoms with Gasteiger partial charge in [0.1, 0.15) is 11.5 Å². The van der Waals surface area contributed by atoms with Crippen molar-refractivity contribution in [3.63, 3.8) is 0 Å². The smallest absolute Gasteiger partial charge is 0.243 e. The number of hydrazone groups is 1. The Labute approximate surface area is 163 Å². The molecule has 0 bridgehead atoms. The molecule has 0 saturated heterocycles. The normalized spacial score (nSPS) is 13.1. The highest BCUT2D eigenvalue weighted by atomic mass is 16.5. The van der Waals surface area contributed by atoms with E-state index in [1.807, 2.05) is 30.3 Å². The Bertz CT molecular complexity index is 880. The molecule has 1 heterocycles. The fourth-order valence-electron chi connectivity index (χ4n) is 2.94. The molecule has 0 atom stereocenters. The lowest BCUT2D eigenvalue weighted by atomic mass is 10.1. The summed E-state index contributed by atoms with van der Waals surface area (Å²) in [5.74, 6) is 0.689. The second-order valence-electron chi connectivity index (χ2n) is 6.29. The maximum atomic E-state index is 12.4. The number of ether oxygens (including phenoxy) is 2. The second-order valence-corrected chi connectivity index (χ2v) is 6.29. The van der Waals surface area contributed by atoms with Crippen molar-refractivity contribution in [2.75, 3.05) is 26.1 Å². The molecule has 0 spiro atoms. The third kappa shape index (κ3) is 4.68. The Morgan fingerprint density at radius 2 is 1.86 bits per heavy atom. The molecular weight excluding hydrogens is 358 g/mol. The van der Waals surface area contributed by atoms with Crippen molar-refractivity contribution in [3.8, 4) is 11.5 Å². The highest BCUT2D eigenvalue weighted by Gasteiger charge is 2.22. The Balaban J connectivity index is 1.55. The first-order valence-corrected chi connectivity index (χ1v) is 9.06. The Kier molecular flexibility index (Phi) is 6.26. The second kappa shape index (κ2) is 9.03. The summed E-state index contributed by atoms with van der Waals surface area (Å²) in [6.45, 7) is 0.536. The molecule has 0 unspecified atom stereocenters. The Morgan fingerprint density at radius 3 is 2.57 bits per heavy atom. The van der Waals surface area contributed by atoms with Gasteiger partial charge in [-0.25, -0.2) is 5.01 Å². The number of amides is 2. The average molecular weight is 381 g/mol. The molecule has 7 heteroatoms. The van der Waals surface area contributed by atoms with Gasteiger partial charge in [0.25, 0.3) is 0 Å². The van der Waals surface area contributed by atoms with Crippen molar-refractivity contribution in [1.82, 2.24) is 5.01 Å². The zero-order chi connectivity index (χ0) is 19.9. The van der Waals surface area contributed by atoms with Crippen molar-refractivity contribution in [2.45, 2.75) is 19.3 Å². The summed E-state index contributed by atoms with van der Waals surface area (Å²) in [4.78, 5) is 24.7. The van der Waals surface area contributed by atoms with Gasteiger partial charge < -0.3 is 14.8 Å². The van der Waals surface area contributed by atoms with Crippen molar-refractivity contribution < 1.29 is 19.1 Å². The van der Waals surface area contributed by atoms with Crippen molar-refractivity contribution in [3.05, 3.63) is 54.1 Å². The Morgan fingerprint density at radius 1 is 1.07 bits per heavy atom. The van der Waals surface area contributed by atoms with E-state index in [4.69, 9.17) is 9.47 Å². The minimum atomic E-state index is -0.272. The number of nitrogens with zero attached hydrogens (tertiary/aromatic N) is 2. The monoisotopic (exact) mass is 381 g/mol. The topological polar surface area (TPSA) is 80.2 Å². The molecule has 0 aromatic heterocycles. The van der Waals surface area contributed by atoms with Gasteiger partial charge in [-0.15, -0.1) is 0 Å². The zero-order valence-corrected chi connectivity index (χ0v) is 16.0. The molecule has 1 aliphatic heterocycles. The van der Waals surface area contributed by atoms with E-state index in [-0.39, 0.29) is 24.7 Å². The predicted molar refractivity (Wildman–Crippen MR) is 107 cm³/mol. The van der Waals surface area contributed by atoms with Crippen LogP contribution in [0.4, 0.5) is 5.69 Å². The molecule has 2 amide bonds. The van der Waals surface area contributed by atoms with Crippen LogP contribution in [-0.4, -0.2) is 43.3 Å². The number of nitrogens with one attached hydrogen (secondary N) is 1. The molecule has 7 nitrogen and oxygen atoms in total. The quantitative estimate of drug-likeness (QED) is 0.799. The first-order valence-electron chi connectivity index (χ1n) is 9.06.